The number of nitrogens with zero attached hydrogens (tertiary/aromatic N) is 1. The van der Waals surface area contributed by atoms with Crippen molar-refractivity contribution in [2.24, 2.45) is 16.7 Å². The first-order valence-corrected chi connectivity index (χ1v) is 8.82. The van der Waals surface area contributed by atoms with Crippen LogP contribution in [-0.2, 0) is 4.79 Å². The van der Waals surface area contributed by atoms with Gasteiger partial charge in [0.25, 0.3) is 0 Å². The second kappa shape index (κ2) is 5.75. The van der Waals surface area contributed by atoms with Crippen LogP contribution in [0.4, 0.5) is 0 Å². The van der Waals surface area contributed by atoms with E-state index in [-0.39, 0.29) is 0 Å². The smallest absolute Gasteiger partial charge is 0.222 e. The Labute approximate surface area is 126 Å². The third kappa shape index (κ3) is 3.53. The molecule has 2 rings (SSSR count). The molecule has 1 amide bonds. The maximum atomic E-state index is 12.3. The molecule has 1 atom stereocenters. The summed E-state index contributed by atoms with van der Waals surface area (Å²) in [7, 11) is 0. The van der Waals surface area contributed by atoms with Crippen LogP contribution in [0.2, 0.25) is 0 Å². The number of carbonyl (C=O) groups is 1. The SMILES string of the molecule is CC(C)(C)C1CCC(=O)N(CC2(CBr)CCC2)CC1. The number of hydrogen-bond acceptors (Lipinski definition) is 1. The summed E-state index contributed by atoms with van der Waals surface area (Å²) in [5.74, 6) is 1.07. The van der Waals surface area contributed by atoms with Crippen molar-refractivity contribution in [1.29, 1.82) is 0 Å². The van der Waals surface area contributed by atoms with Crippen LogP contribution in [0.15, 0.2) is 0 Å². The Bertz CT molecular complexity index is 325. The number of hydrogen-bond donors (Lipinski definition) is 0. The Balaban J connectivity index is 1.97. The maximum Gasteiger partial charge on any atom is 0.222 e. The lowest BCUT2D eigenvalue weighted by Crippen LogP contribution is -2.45. The third-order valence-corrected chi connectivity index (χ3v) is 6.45. The minimum atomic E-state index is 0.333. The van der Waals surface area contributed by atoms with Crippen LogP contribution in [0.5, 0.6) is 0 Å². The summed E-state index contributed by atoms with van der Waals surface area (Å²) in [6.07, 6.45) is 6.89. The quantitative estimate of drug-likeness (QED) is 0.709. The Morgan fingerprint density at radius 2 is 2.00 bits per heavy atom. The third-order valence-electron chi connectivity index (χ3n) is 5.26. The zero-order valence-electron chi connectivity index (χ0n) is 12.7. The summed E-state index contributed by atoms with van der Waals surface area (Å²) in [5.41, 5.74) is 0.719. The molecule has 2 fully saturated rings. The summed E-state index contributed by atoms with van der Waals surface area (Å²) >= 11 is 3.66. The summed E-state index contributed by atoms with van der Waals surface area (Å²) < 4.78 is 0. The fourth-order valence-electron chi connectivity index (χ4n) is 3.49. The normalized spacial score (nSPS) is 27.9. The first-order chi connectivity index (χ1) is 8.86. The van der Waals surface area contributed by atoms with Crippen LogP contribution in [-0.4, -0.2) is 29.2 Å². The number of alkyl halides is 1. The molecule has 1 aliphatic heterocycles. The number of likely N-dealkylation sites (tertiary alicyclic amines) is 1. The molecule has 1 heterocycles. The van der Waals surface area contributed by atoms with Crippen LogP contribution in [0, 0.1) is 16.7 Å². The monoisotopic (exact) mass is 329 g/mol. The molecule has 3 heteroatoms. The van der Waals surface area contributed by atoms with Crippen LogP contribution in [0.1, 0.15) is 59.3 Å². The molecule has 1 unspecified atom stereocenters. The number of amides is 1. The molecule has 0 aromatic heterocycles. The zero-order valence-corrected chi connectivity index (χ0v) is 14.3. The van der Waals surface area contributed by atoms with Gasteiger partial charge in [0.1, 0.15) is 0 Å². The lowest BCUT2D eigenvalue weighted by molar-refractivity contribution is -0.133. The molecule has 1 saturated carbocycles. The molecule has 0 aromatic rings. The minimum Gasteiger partial charge on any atom is -0.342 e. The van der Waals surface area contributed by atoms with Gasteiger partial charge in [0.05, 0.1) is 0 Å². The molecule has 19 heavy (non-hydrogen) atoms. The van der Waals surface area contributed by atoms with Crippen molar-refractivity contribution in [2.75, 3.05) is 18.4 Å². The molecule has 2 nitrogen and oxygen atoms in total. The maximum absolute atomic E-state index is 12.3. The average molecular weight is 330 g/mol. The van der Waals surface area contributed by atoms with Gasteiger partial charge in [-0.3, -0.25) is 4.79 Å². The van der Waals surface area contributed by atoms with Crippen molar-refractivity contribution in [2.45, 2.75) is 59.3 Å². The van der Waals surface area contributed by atoms with Crippen LogP contribution < -0.4 is 0 Å². The van der Waals surface area contributed by atoms with Crippen molar-refractivity contribution >= 4 is 21.8 Å². The molecule has 110 valence electrons. The molecule has 1 aliphatic carbocycles. The molecule has 0 spiro atoms. The van der Waals surface area contributed by atoms with Gasteiger partial charge in [-0.05, 0) is 42.4 Å². The van der Waals surface area contributed by atoms with E-state index in [1.54, 1.807) is 0 Å². The van der Waals surface area contributed by atoms with E-state index in [1.807, 2.05) is 0 Å². The highest BCUT2D eigenvalue weighted by Gasteiger charge is 2.39. The van der Waals surface area contributed by atoms with Crippen molar-refractivity contribution in [3.8, 4) is 0 Å². The van der Waals surface area contributed by atoms with Crippen molar-refractivity contribution < 1.29 is 4.79 Å². The molecule has 0 aromatic carbocycles. The average Bonchev–Trinajstić information content (AvgIpc) is 2.46. The van der Waals surface area contributed by atoms with Crippen LogP contribution >= 0.6 is 15.9 Å². The molecule has 2 aliphatic rings. The highest BCUT2D eigenvalue weighted by molar-refractivity contribution is 9.09. The topological polar surface area (TPSA) is 20.3 Å². The van der Waals surface area contributed by atoms with E-state index in [0.29, 0.717) is 22.7 Å². The largest absolute Gasteiger partial charge is 0.342 e. The number of carbonyl (C=O) groups excluding carboxylic acids is 1. The second-order valence-electron chi connectivity index (χ2n) is 7.69. The fraction of sp³-hybridized carbons (Fsp3) is 0.938. The van der Waals surface area contributed by atoms with Crippen LogP contribution in [0.25, 0.3) is 0 Å². The van der Waals surface area contributed by atoms with Gasteiger partial charge >= 0.3 is 0 Å². The van der Waals surface area contributed by atoms with E-state index in [0.717, 1.165) is 31.3 Å². The predicted octanol–water partition coefficient (Wildman–Crippen LogP) is 4.23. The summed E-state index contributed by atoms with van der Waals surface area (Å²) in [4.78, 5) is 14.5. The van der Waals surface area contributed by atoms with Gasteiger partial charge in [-0.25, -0.2) is 0 Å². The van der Waals surface area contributed by atoms with Crippen molar-refractivity contribution in [3.63, 3.8) is 0 Å². The predicted molar refractivity (Wildman–Crippen MR) is 83.5 cm³/mol. The number of halogens is 1. The van der Waals surface area contributed by atoms with Gasteiger partial charge in [0.2, 0.25) is 5.91 Å². The Morgan fingerprint density at radius 3 is 2.47 bits per heavy atom. The Hall–Kier alpha value is -0.0500. The molecule has 1 saturated heterocycles. The van der Waals surface area contributed by atoms with Gasteiger partial charge < -0.3 is 4.90 Å². The lowest BCUT2D eigenvalue weighted by Gasteiger charge is -2.44. The van der Waals surface area contributed by atoms with E-state index >= 15 is 0 Å². The van der Waals surface area contributed by atoms with Crippen LogP contribution in [0.3, 0.4) is 0 Å². The van der Waals surface area contributed by atoms with E-state index in [2.05, 4.69) is 41.6 Å². The molecule has 0 radical (unpaired) electrons. The van der Waals surface area contributed by atoms with E-state index in [9.17, 15) is 4.79 Å². The summed E-state index contributed by atoms with van der Waals surface area (Å²) in [6.45, 7) is 8.88. The van der Waals surface area contributed by atoms with Crippen molar-refractivity contribution in [1.82, 2.24) is 4.90 Å². The fourth-order valence-corrected chi connectivity index (χ4v) is 4.22. The standard InChI is InChI=1S/C16H28BrNO/c1-15(2,3)13-5-6-14(19)18(10-7-13)12-16(11-17)8-4-9-16/h13H,4-12H2,1-3H3. The Morgan fingerprint density at radius 1 is 1.32 bits per heavy atom. The van der Waals surface area contributed by atoms with Crippen molar-refractivity contribution in [3.05, 3.63) is 0 Å². The summed E-state index contributed by atoms with van der Waals surface area (Å²) in [6, 6.07) is 0. The number of rotatable bonds is 3. The van der Waals surface area contributed by atoms with Gasteiger partial charge in [0.15, 0.2) is 0 Å². The highest BCUT2D eigenvalue weighted by atomic mass is 79.9. The van der Waals surface area contributed by atoms with Gasteiger partial charge in [-0.2, -0.15) is 0 Å². The van der Waals surface area contributed by atoms with Gasteiger partial charge in [-0.15, -0.1) is 0 Å². The second-order valence-corrected chi connectivity index (χ2v) is 8.25. The molecular weight excluding hydrogens is 302 g/mol. The lowest BCUT2D eigenvalue weighted by atomic mass is 9.70. The minimum absolute atomic E-state index is 0.333. The summed E-state index contributed by atoms with van der Waals surface area (Å²) in [5, 5.41) is 1.05. The van der Waals surface area contributed by atoms with E-state index < -0.39 is 0 Å². The Kier molecular flexibility index (Phi) is 4.64. The molecular formula is C16H28BrNO. The van der Waals surface area contributed by atoms with E-state index in [4.69, 9.17) is 0 Å². The molecule has 0 bridgehead atoms. The van der Waals surface area contributed by atoms with Gasteiger partial charge in [0, 0.05) is 24.8 Å². The first-order valence-electron chi connectivity index (χ1n) is 7.70. The first kappa shape index (κ1) is 15.3. The van der Waals surface area contributed by atoms with Gasteiger partial charge in [-0.1, -0.05) is 43.1 Å². The zero-order chi connectivity index (χ0) is 14.1. The van der Waals surface area contributed by atoms with E-state index in [1.165, 1.54) is 25.7 Å². The highest BCUT2D eigenvalue weighted by Crippen LogP contribution is 2.44. The molecule has 0 N–H and O–H groups in total.